The molecule has 7 heteroatoms. The highest BCUT2D eigenvalue weighted by Gasteiger charge is 2.21. The van der Waals surface area contributed by atoms with E-state index in [9.17, 15) is 14.9 Å². The number of carbonyl (C=O) groups is 1. The number of nitrogens with zero attached hydrogens (tertiary/aromatic N) is 1. The lowest BCUT2D eigenvalue weighted by atomic mass is 10.1. The van der Waals surface area contributed by atoms with Crippen molar-refractivity contribution in [3.8, 4) is 0 Å². The molecule has 0 aromatic heterocycles. The van der Waals surface area contributed by atoms with Gasteiger partial charge >= 0.3 is 0 Å². The Morgan fingerprint density at radius 3 is 2.75 bits per heavy atom. The Labute approximate surface area is 117 Å². The molecule has 7 nitrogen and oxygen atoms in total. The van der Waals surface area contributed by atoms with Gasteiger partial charge < -0.3 is 15.4 Å². The lowest BCUT2D eigenvalue weighted by Crippen LogP contribution is -2.33. The number of rotatable bonds is 7. The van der Waals surface area contributed by atoms with Crippen molar-refractivity contribution in [3.63, 3.8) is 0 Å². The van der Waals surface area contributed by atoms with Gasteiger partial charge in [0.25, 0.3) is 11.6 Å². The summed E-state index contributed by atoms with van der Waals surface area (Å²) in [5.41, 5.74) is 0.483. The van der Waals surface area contributed by atoms with Gasteiger partial charge in [0.1, 0.15) is 5.56 Å². The fourth-order valence-corrected chi connectivity index (χ4v) is 1.70. The maximum absolute atomic E-state index is 12.1. The number of nitrogens with one attached hydrogen (secondary N) is 2. The zero-order valence-electron chi connectivity index (χ0n) is 11.8. The summed E-state index contributed by atoms with van der Waals surface area (Å²) >= 11 is 0. The molecule has 0 aliphatic heterocycles. The van der Waals surface area contributed by atoms with Crippen molar-refractivity contribution in [3.05, 3.63) is 33.9 Å². The lowest BCUT2D eigenvalue weighted by molar-refractivity contribution is -0.385. The summed E-state index contributed by atoms with van der Waals surface area (Å²) in [6.07, 6.45) is 0.641. The van der Waals surface area contributed by atoms with Crippen LogP contribution in [0.4, 0.5) is 11.4 Å². The lowest BCUT2D eigenvalue weighted by Gasteiger charge is -2.14. The van der Waals surface area contributed by atoms with Crippen molar-refractivity contribution in [2.24, 2.45) is 0 Å². The maximum atomic E-state index is 12.1. The van der Waals surface area contributed by atoms with Crippen molar-refractivity contribution in [2.45, 2.75) is 19.4 Å². The Bertz CT molecular complexity index is 491. The monoisotopic (exact) mass is 281 g/mol. The molecular weight excluding hydrogens is 262 g/mol. The number of anilines is 1. The van der Waals surface area contributed by atoms with Crippen LogP contribution in [-0.2, 0) is 4.74 Å². The van der Waals surface area contributed by atoms with Gasteiger partial charge in [-0.3, -0.25) is 14.9 Å². The fraction of sp³-hybridized carbons (Fsp3) is 0.462. The maximum Gasteiger partial charge on any atom is 0.282 e. The SMILES string of the molecule is CNc1ccc([N+](=O)[O-])c(C(=O)NC(C)CCOC)c1. The van der Waals surface area contributed by atoms with Gasteiger partial charge in [-0.1, -0.05) is 0 Å². The minimum atomic E-state index is -0.561. The Balaban J connectivity index is 2.92. The van der Waals surface area contributed by atoms with Crippen LogP contribution < -0.4 is 10.6 Å². The van der Waals surface area contributed by atoms with E-state index in [2.05, 4.69) is 10.6 Å². The van der Waals surface area contributed by atoms with Gasteiger partial charge in [0.15, 0.2) is 0 Å². The molecule has 0 bridgehead atoms. The van der Waals surface area contributed by atoms with Crippen LogP contribution in [0.25, 0.3) is 0 Å². The molecule has 110 valence electrons. The molecule has 0 radical (unpaired) electrons. The van der Waals surface area contributed by atoms with E-state index >= 15 is 0 Å². The minimum absolute atomic E-state index is 0.0473. The Morgan fingerprint density at radius 2 is 2.20 bits per heavy atom. The molecular formula is C13H19N3O4. The molecule has 1 atom stereocenters. The van der Waals surface area contributed by atoms with Crippen LogP contribution >= 0.6 is 0 Å². The Morgan fingerprint density at radius 1 is 1.50 bits per heavy atom. The van der Waals surface area contributed by atoms with Crippen LogP contribution in [0.15, 0.2) is 18.2 Å². The highest BCUT2D eigenvalue weighted by molar-refractivity contribution is 5.99. The first kappa shape index (κ1) is 15.9. The van der Waals surface area contributed by atoms with E-state index in [1.165, 1.54) is 12.1 Å². The highest BCUT2D eigenvalue weighted by atomic mass is 16.6. The normalized spacial score (nSPS) is 11.8. The van der Waals surface area contributed by atoms with Crippen LogP contribution in [-0.4, -0.2) is 37.6 Å². The number of hydrogen-bond donors (Lipinski definition) is 2. The predicted molar refractivity (Wildman–Crippen MR) is 76.1 cm³/mol. The molecule has 1 aromatic carbocycles. The van der Waals surface area contributed by atoms with Crippen molar-refractivity contribution in [1.82, 2.24) is 5.32 Å². The van der Waals surface area contributed by atoms with Crippen LogP contribution in [0.3, 0.4) is 0 Å². The number of ether oxygens (including phenoxy) is 1. The predicted octanol–water partition coefficient (Wildman–Crippen LogP) is 1.79. The summed E-state index contributed by atoms with van der Waals surface area (Å²) in [6.45, 7) is 2.34. The first-order valence-corrected chi connectivity index (χ1v) is 6.25. The van der Waals surface area contributed by atoms with Gasteiger partial charge in [0.2, 0.25) is 0 Å². The second-order valence-corrected chi connectivity index (χ2v) is 4.40. The molecule has 0 saturated heterocycles. The summed E-state index contributed by atoms with van der Waals surface area (Å²) in [5.74, 6) is -0.461. The number of nitro groups is 1. The largest absolute Gasteiger partial charge is 0.388 e. The molecule has 0 spiro atoms. The molecule has 1 unspecified atom stereocenters. The van der Waals surface area contributed by atoms with Crippen molar-refractivity contribution >= 4 is 17.3 Å². The second-order valence-electron chi connectivity index (χ2n) is 4.40. The van der Waals surface area contributed by atoms with Crippen LogP contribution in [0.5, 0.6) is 0 Å². The summed E-state index contributed by atoms with van der Waals surface area (Å²) in [5, 5.41) is 16.5. The smallest absolute Gasteiger partial charge is 0.282 e. The molecule has 2 N–H and O–H groups in total. The first-order valence-electron chi connectivity index (χ1n) is 6.25. The number of amides is 1. The van der Waals surface area contributed by atoms with Gasteiger partial charge in [0, 0.05) is 38.6 Å². The molecule has 0 aliphatic carbocycles. The second kappa shape index (κ2) is 7.44. The topological polar surface area (TPSA) is 93.5 Å². The number of methoxy groups -OCH3 is 1. The van der Waals surface area contributed by atoms with Crippen LogP contribution in [0.2, 0.25) is 0 Å². The molecule has 0 fully saturated rings. The molecule has 0 heterocycles. The summed E-state index contributed by atoms with van der Waals surface area (Å²) in [4.78, 5) is 22.5. The van der Waals surface area contributed by atoms with Gasteiger partial charge in [-0.15, -0.1) is 0 Å². The number of nitro benzene ring substituents is 1. The molecule has 0 aliphatic rings. The van der Waals surface area contributed by atoms with Crippen molar-refractivity contribution in [1.29, 1.82) is 0 Å². The first-order chi connectivity index (χ1) is 9.49. The Kier molecular flexibility index (Phi) is 5.92. The average Bonchev–Trinajstić information content (AvgIpc) is 2.44. The van der Waals surface area contributed by atoms with Crippen molar-refractivity contribution < 1.29 is 14.5 Å². The molecule has 1 rings (SSSR count). The van der Waals surface area contributed by atoms with E-state index < -0.39 is 10.8 Å². The van der Waals surface area contributed by atoms with Gasteiger partial charge in [-0.05, 0) is 25.5 Å². The van der Waals surface area contributed by atoms with E-state index in [4.69, 9.17) is 4.74 Å². The van der Waals surface area contributed by atoms with Gasteiger partial charge in [-0.25, -0.2) is 0 Å². The van der Waals surface area contributed by atoms with E-state index in [1.807, 2.05) is 6.92 Å². The highest BCUT2D eigenvalue weighted by Crippen LogP contribution is 2.22. The van der Waals surface area contributed by atoms with Gasteiger partial charge in [0.05, 0.1) is 4.92 Å². The molecule has 0 saturated carbocycles. The zero-order chi connectivity index (χ0) is 15.1. The van der Waals surface area contributed by atoms with Crippen LogP contribution in [0, 0.1) is 10.1 Å². The van der Waals surface area contributed by atoms with Gasteiger partial charge in [-0.2, -0.15) is 0 Å². The summed E-state index contributed by atoms with van der Waals surface area (Å²) < 4.78 is 4.93. The third kappa shape index (κ3) is 4.20. The quantitative estimate of drug-likeness (QED) is 0.587. The third-order valence-electron chi connectivity index (χ3n) is 2.86. The Hall–Kier alpha value is -2.15. The third-order valence-corrected chi connectivity index (χ3v) is 2.86. The molecule has 1 aromatic rings. The van der Waals surface area contributed by atoms with E-state index in [1.54, 1.807) is 20.2 Å². The minimum Gasteiger partial charge on any atom is -0.388 e. The average molecular weight is 281 g/mol. The molecule has 20 heavy (non-hydrogen) atoms. The van der Waals surface area contributed by atoms with E-state index in [0.29, 0.717) is 18.7 Å². The number of hydrogen-bond acceptors (Lipinski definition) is 5. The molecule has 1 amide bonds. The van der Waals surface area contributed by atoms with Crippen molar-refractivity contribution in [2.75, 3.05) is 26.1 Å². The number of carbonyl (C=O) groups excluding carboxylic acids is 1. The summed E-state index contributed by atoms with van der Waals surface area (Å²) in [7, 11) is 3.26. The van der Waals surface area contributed by atoms with Crippen LogP contribution in [0.1, 0.15) is 23.7 Å². The van der Waals surface area contributed by atoms with E-state index in [-0.39, 0.29) is 17.3 Å². The standard InChI is InChI=1S/C13H19N3O4/c1-9(6-7-20-3)15-13(17)11-8-10(14-2)4-5-12(11)16(18)19/h4-5,8-9,14H,6-7H2,1-3H3,(H,15,17). The van der Waals surface area contributed by atoms with E-state index in [0.717, 1.165) is 0 Å². The fourth-order valence-electron chi connectivity index (χ4n) is 1.70. The zero-order valence-corrected chi connectivity index (χ0v) is 11.8. The summed E-state index contributed by atoms with van der Waals surface area (Å²) in [6, 6.07) is 4.22. The number of benzene rings is 1.